The van der Waals surface area contributed by atoms with Crippen LogP contribution >= 0.6 is 11.6 Å². The molecule has 11 heteroatoms. The first-order valence-electron chi connectivity index (χ1n) is 4.34. The molecule has 0 spiro atoms. The molecule has 0 saturated carbocycles. The number of alkyl halides is 3. The summed E-state index contributed by atoms with van der Waals surface area (Å²) in [6, 6.07) is 0. The second kappa shape index (κ2) is 5.26. The summed E-state index contributed by atoms with van der Waals surface area (Å²) in [4.78, 5) is 23.7. The predicted molar refractivity (Wildman–Crippen MR) is 54.3 cm³/mol. The van der Waals surface area contributed by atoms with Gasteiger partial charge >= 0.3 is 12.2 Å². The fourth-order valence-corrected chi connectivity index (χ4v) is 1.35. The first kappa shape index (κ1) is 15.0. The Bertz CT molecular complexity index is 534. The quantitative estimate of drug-likeness (QED) is 0.481. The van der Waals surface area contributed by atoms with Gasteiger partial charge in [0, 0.05) is 0 Å². The van der Waals surface area contributed by atoms with Crippen molar-refractivity contribution in [1.29, 1.82) is 0 Å². The molecule has 104 valence electrons. The minimum atomic E-state index is -5.09. The van der Waals surface area contributed by atoms with Gasteiger partial charge in [0.15, 0.2) is 17.5 Å². The van der Waals surface area contributed by atoms with Gasteiger partial charge in [0.1, 0.15) is 0 Å². The summed E-state index contributed by atoms with van der Waals surface area (Å²) in [5, 5.41) is 9.21. The molecule has 0 unspecified atom stereocenters. The number of aromatic nitrogens is 1. The van der Waals surface area contributed by atoms with Crippen molar-refractivity contribution in [3.05, 3.63) is 21.9 Å². The second-order valence-electron chi connectivity index (χ2n) is 2.93. The molecule has 0 radical (unpaired) electrons. The van der Waals surface area contributed by atoms with Gasteiger partial charge in [-0.05, 0) is 21.5 Å². The van der Waals surface area contributed by atoms with E-state index in [9.17, 15) is 28.1 Å². The summed E-state index contributed by atoms with van der Waals surface area (Å²) in [6.07, 6.45) is -4.68. The van der Waals surface area contributed by atoms with Crippen molar-refractivity contribution >= 4 is 22.7 Å². The van der Waals surface area contributed by atoms with Crippen LogP contribution in [-0.2, 0) is 0 Å². The zero-order valence-electron chi connectivity index (χ0n) is 9.02. The van der Waals surface area contributed by atoms with Crippen molar-refractivity contribution < 1.29 is 32.4 Å². The van der Waals surface area contributed by atoms with Crippen LogP contribution in [0, 0.1) is 10.1 Å². The van der Waals surface area contributed by atoms with Crippen molar-refractivity contribution in [3.63, 3.8) is 0 Å². The van der Waals surface area contributed by atoms with Crippen molar-refractivity contribution in [2.75, 3.05) is 7.11 Å². The molecule has 0 atom stereocenters. The second-order valence-corrected chi connectivity index (χ2v) is 3.28. The Balaban J connectivity index is 3.49. The third-order valence-electron chi connectivity index (χ3n) is 1.78. The van der Waals surface area contributed by atoms with Gasteiger partial charge in [-0.3, -0.25) is 4.79 Å². The number of nitro groups is 1. The van der Waals surface area contributed by atoms with Gasteiger partial charge in [-0.25, -0.2) is 0 Å². The first-order chi connectivity index (χ1) is 8.67. The predicted octanol–water partition coefficient (Wildman–Crippen LogP) is 2.28. The Morgan fingerprint density at radius 1 is 1.53 bits per heavy atom. The largest absolute Gasteiger partial charge is 0.573 e. The van der Waals surface area contributed by atoms with E-state index < -0.39 is 39.4 Å². The number of rotatable bonds is 4. The lowest BCUT2D eigenvalue weighted by atomic mass is 10.2. The Morgan fingerprint density at radius 3 is 2.47 bits per heavy atom. The Kier molecular flexibility index (Phi) is 4.14. The van der Waals surface area contributed by atoms with Crippen LogP contribution in [0.3, 0.4) is 0 Å². The maximum absolute atomic E-state index is 12.1. The van der Waals surface area contributed by atoms with Gasteiger partial charge in [-0.1, -0.05) is 0 Å². The number of nitrogens with zero attached hydrogens (tertiary/aromatic N) is 2. The van der Waals surface area contributed by atoms with E-state index in [1.807, 2.05) is 0 Å². The fraction of sp³-hybridized carbons (Fsp3) is 0.250. The van der Waals surface area contributed by atoms with E-state index in [4.69, 9.17) is 11.6 Å². The average Bonchev–Trinajstić information content (AvgIpc) is 2.25. The lowest BCUT2D eigenvalue weighted by Gasteiger charge is -2.12. The highest BCUT2D eigenvalue weighted by atomic mass is 35.5. The molecular formula is C8H4ClF3N2O5. The molecule has 0 saturated heterocycles. The highest BCUT2D eigenvalue weighted by Crippen LogP contribution is 2.38. The van der Waals surface area contributed by atoms with Crippen molar-refractivity contribution in [1.82, 2.24) is 4.98 Å². The van der Waals surface area contributed by atoms with Crippen LogP contribution in [0.1, 0.15) is 10.4 Å². The molecule has 0 aliphatic rings. The molecular weight excluding hydrogens is 297 g/mol. The molecule has 7 nitrogen and oxygen atoms in total. The standard InChI is InChI=1S/C8H4ClF3N2O5/c1-18-5-3(19-8(10,11)12)2-13-7(14(16)17)4(5)6(9)15/h2H,1H3. The number of hydrogen-bond donors (Lipinski definition) is 0. The van der Waals surface area contributed by atoms with Gasteiger partial charge in [0.05, 0.1) is 7.11 Å². The van der Waals surface area contributed by atoms with Gasteiger partial charge in [-0.15, -0.1) is 13.2 Å². The zero-order chi connectivity index (χ0) is 14.8. The van der Waals surface area contributed by atoms with Crippen LogP contribution in [0.4, 0.5) is 19.0 Å². The van der Waals surface area contributed by atoms with Crippen LogP contribution < -0.4 is 9.47 Å². The molecule has 0 N–H and O–H groups in total. The number of carbonyl (C=O) groups is 1. The molecule has 0 fully saturated rings. The monoisotopic (exact) mass is 300 g/mol. The van der Waals surface area contributed by atoms with E-state index in [1.165, 1.54) is 0 Å². The fourth-order valence-electron chi connectivity index (χ4n) is 1.18. The Hall–Kier alpha value is -2.10. The molecule has 1 heterocycles. The van der Waals surface area contributed by atoms with Gasteiger partial charge in [0.25, 0.3) is 5.24 Å². The number of methoxy groups -OCH3 is 1. The molecule has 1 aromatic heterocycles. The number of ether oxygens (including phenoxy) is 2. The van der Waals surface area contributed by atoms with Gasteiger partial charge < -0.3 is 19.6 Å². The van der Waals surface area contributed by atoms with Crippen molar-refractivity contribution in [2.24, 2.45) is 0 Å². The SMILES string of the molecule is COc1c(OC(F)(F)F)cnc([N+](=O)[O-])c1C(=O)Cl. The van der Waals surface area contributed by atoms with Crippen LogP contribution in [0.15, 0.2) is 6.20 Å². The molecule has 1 rings (SSSR count). The maximum atomic E-state index is 12.1. The number of pyridine rings is 1. The number of carbonyl (C=O) groups excluding carboxylic acids is 1. The first-order valence-corrected chi connectivity index (χ1v) is 4.72. The molecule has 19 heavy (non-hydrogen) atoms. The highest BCUT2D eigenvalue weighted by Gasteiger charge is 2.37. The zero-order valence-corrected chi connectivity index (χ0v) is 9.78. The molecule has 0 amide bonds. The Morgan fingerprint density at radius 2 is 2.11 bits per heavy atom. The topological polar surface area (TPSA) is 91.6 Å². The van der Waals surface area contributed by atoms with E-state index in [0.717, 1.165) is 7.11 Å². The summed E-state index contributed by atoms with van der Waals surface area (Å²) in [5.41, 5.74) is -0.920. The Labute approximate surface area is 108 Å². The third-order valence-corrected chi connectivity index (χ3v) is 1.97. The molecule has 1 aromatic rings. The average molecular weight is 301 g/mol. The van der Waals surface area contributed by atoms with Crippen molar-refractivity contribution in [2.45, 2.75) is 6.36 Å². The van der Waals surface area contributed by atoms with Crippen LogP contribution in [0.5, 0.6) is 11.5 Å². The van der Waals surface area contributed by atoms with E-state index in [-0.39, 0.29) is 0 Å². The molecule has 0 aliphatic heterocycles. The molecule has 0 bridgehead atoms. The summed E-state index contributed by atoms with van der Waals surface area (Å²) in [5.74, 6) is -2.87. The minimum absolute atomic E-state index is 0.411. The van der Waals surface area contributed by atoms with Crippen LogP contribution in [0.2, 0.25) is 0 Å². The van der Waals surface area contributed by atoms with Crippen molar-refractivity contribution in [3.8, 4) is 11.5 Å². The van der Waals surface area contributed by atoms with Crippen LogP contribution in [0.25, 0.3) is 0 Å². The summed E-state index contributed by atoms with van der Waals surface area (Å²) < 4.78 is 44.3. The minimum Gasteiger partial charge on any atom is -0.492 e. The van der Waals surface area contributed by atoms with Crippen LogP contribution in [-0.4, -0.2) is 28.6 Å². The number of halogens is 4. The molecule has 0 aliphatic carbocycles. The van der Waals surface area contributed by atoms with Gasteiger partial charge in [-0.2, -0.15) is 0 Å². The van der Waals surface area contributed by atoms with Gasteiger partial charge in [0.2, 0.25) is 5.75 Å². The normalized spacial score (nSPS) is 11.0. The lowest BCUT2D eigenvalue weighted by molar-refractivity contribution is -0.389. The lowest BCUT2D eigenvalue weighted by Crippen LogP contribution is -2.18. The van der Waals surface area contributed by atoms with E-state index in [0.29, 0.717) is 6.20 Å². The van der Waals surface area contributed by atoms with E-state index in [2.05, 4.69) is 14.5 Å². The summed E-state index contributed by atoms with van der Waals surface area (Å²) in [7, 11) is 0.894. The highest BCUT2D eigenvalue weighted by molar-refractivity contribution is 6.68. The third kappa shape index (κ3) is 3.44. The number of hydrogen-bond acceptors (Lipinski definition) is 6. The van der Waals surface area contributed by atoms with E-state index >= 15 is 0 Å². The summed E-state index contributed by atoms with van der Waals surface area (Å²) in [6.45, 7) is 0. The maximum Gasteiger partial charge on any atom is 0.573 e. The molecule has 0 aromatic carbocycles. The smallest absolute Gasteiger partial charge is 0.492 e. The summed E-state index contributed by atoms with van der Waals surface area (Å²) >= 11 is 5.08. The van der Waals surface area contributed by atoms with E-state index in [1.54, 1.807) is 0 Å².